The molecule has 1 aromatic heterocycles. The Labute approximate surface area is 163 Å². The van der Waals surface area contributed by atoms with Gasteiger partial charge in [0.1, 0.15) is 5.75 Å². The Bertz CT molecular complexity index is 967. The lowest BCUT2D eigenvalue weighted by Crippen LogP contribution is -2.73. The highest BCUT2D eigenvalue weighted by Crippen LogP contribution is 2.42. The van der Waals surface area contributed by atoms with E-state index in [-0.39, 0.29) is 11.3 Å². The summed E-state index contributed by atoms with van der Waals surface area (Å²) in [7, 11) is 1.68. The fourth-order valence-corrected chi connectivity index (χ4v) is 4.16. The third kappa shape index (κ3) is 2.81. The molecule has 5 rings (SSSR count). The van der Waals surface area contributed by atoms with Crippen LogP contribution in [0.5, 0.6) is 5.75 Å². The Hall–Kier alpha value is -3.28. The van der Waals surface area contributed by atoms with Crippen molar-refractivity contribution in [1.82, 2.24) is 9.88 Å². The number of nitrogens with zero attached hydrogens (tertiary/aromatic N) is 3. The smallest absolute Gasteiger partial charge is 0.253 e. The molecule has 0 bridgehead atoms. The number of aromatic nitrogens is 1. The van der Waals surface area contributed by atoms with Gasteiger partial charge in [0.2, 0.25) is 0 Å². The highest BCUT2D eigenvalue weighted by molar-refractivity contribution is 5.95. The summed E-state index contributed by atoms with van der Waals surface area (Å²) >= 11 is 0. The number of amides is 1. The highest BCUT2D eigenvalue weighted by atomic mass is 16.5. The number of oxazole rings is 1. The molecule has 0 N–H and O–H groups in total. The molecule has 3 heterocycles. The van der Waals surface area contributed by atoms with Crippen LogP contribution in [0.25, 0.3) is 11.3 Å². The molecule has 2 aliphatic heterocycles. The zero-order chi connectivity index (χ0) is 19.1. The van der Waals surface area contributed by atoms with Crippen LogP contribution in [0.15, 0.2) is 65.5 Å². The van der Waals surface area contributed by atoms with Crippen LogP contribution in [0, 0.1) is 5.41 Å². The van der Waals surface area contributed by atoms with E-state index >= 15 is 0 Å². The van der Waals surface area contributed by atoms with E-state index in [0.717, 1.165) is 37.5 Å². The molecule has 0 saturated carbocycles. The monoisotopic (exact) mass is 375 g/mol. The molecule has 3 aromatic rings. The van der Waals surface area contributed by atoms with Crippen molar-refractivity contribution in [2.24, 2.45) is 5.41 Å². The van der Waals surface area contributed by atoms with Crippen molar-refractivity contribution in [3.05, 3.63) is 66.7 Å². The average molecular weight is 375 g/mol. The minimum Gasteiger partial charge on any atom is -0.497 e. The number of methoxy groups -OCH3 is 1. The van der Waals surface area contributed by atoms with Crippen molar-refractivity contribution in [2.45, 2.75) is 0 Å². The molecular weight excluding hydrogens is 354 g/mol. The molecule has 2 saturated heterocycles. The van der Waals surface area contributed by atoms with Crippen LogP contribution in [0.1, 0.15) is 10.4 Å². The number of likely N-dealkylation sites (tertiary alicyclic amines) is 1. The maximum absolute atomic E-state index is 12.7. The second kappa shape index (κ2) is 6.41. The van der Waals surface area contributed by atoms with E-state index in [4.69, 9.17) is 9.15 Å². The quantitative estimate of drug-likeness (QED) is 0.700. The van der Waals surface area contributed by atoms with Crippen LogP contribution in [0.4, 0.5) is 5.69 Å². The van der Waals surface area contributed by atoms with Crippen LogP contribution in [0.2, 0.25) is 0 Å². The number of hydrogen-bond acceptors (Lipinski definition) is 5. The lowest BCUT2D eigenvalue weighted by molar-refractivity contribution is -0.0104. The highest BCUT2D eigenvalue weighted by Gasteiger charge is 2.53. The topological polar surface area (TPSA) is 58.8 Å². The third-order valence-corrected chi connectivity index (χ3v) is 5.68. The summed E-state index contributed by atoms with van der Waals surface area (Å²) in [6, 6.07) is 15.7. The minimum atomic E-state index is 0.0950. The fraction of sp³-hybridized carbons (Fsp3) is 0.273. The van der Waals surface area contributed by atoms with Gasteiger partial charge in [-0.05, 0) is 36.4 Å². The number of carbonyl (C=O) groups is 1. The first-order chi connectivity index (χ1) is 13.7. The standard InChI is InChI=1S/C22H21N3O3/c1-27-19-8-6-18(7-9-19)24-11-22(12-24)13-25(14-22)21(26)17-4-2-16(3-5-17)20-10-23-15-28-20/h2-10,15H,11-14H2,1H3. The molecule has 2 fully saturated rings. The summed E-state index contributed by atoms with van der Waals surface area (Å²) in [6.45, 7) is 3.63. The van der Waals surface area contributed by atoms with Crippen molar-refractivity contribution in [2.75, 3.05) is 38.2 Å². The molecule has 2 aromatic carbocycles. The molecule has 6 nitrogen and oxygen atoms in total. The molecule has 0 unspecified atom stereocenters. The van der Waals surface area contributed by atoms with E-state index < -0.39 is 0 Å². The van der Waals surface area contributed by atoms with Crippen molar-refractivity contribution in [3.63, 3.8) is 0 Å². The van der Waals surface area contributed by atoms with Gasteiger partial charge in [0.15, 0.2) is 12.2 Å². The molecule has 0 radical (unpaired) electrons. The Kier molecular flexibility index (Phi) is 3.86. The number of rotatable bonds is 4. The zero-order valence-corrected chi connectivity index (χ0v) is 15.7. The van der Waals surface area contributed by atoms with E-state index in [1.807, 2.05) is 41.3 Å². The number of anilines is 1. The molecule has 28 heavy (non-hydrogen) atoms. The number of ether oxygens (including phenoxy) is 1. The number of benzene rings is 2. The van der Waals surface area contributed by atoms with Crippen molar-refractivity contribution >= 4 is 11.6 Å². The first-order valence-corrected chi connectivity index (χ1v) is 9.33. The Balaban J connectivity index is 1.17. The summed E-state index contributed by atoms with van der Waals surface area (Å²) in [5, 5.41) is 0. The van der Waals surface area contributed by atoms with Gasteiger partial charge in [0.25, 0.3) is 5.91 Å². The van der Waals surface area contributed by atoms with Crippen molar-refractivity contribution < 1.29 is 13.9 Å². The van der Waals surface area contributed by atoms with Crippen LogP contribution >= 0.6 is 0 Å². The molecule has 1 spiro atoms. The number of carbonyl (C=O) groups excluding carboxylic acids is 1. The van der Waals surface area contributed by atoms with Gasteiger partial charge < -0.3 is 19.0 Å². The van der Waals surface area contributed by atoms with Gasteiger partial charge in [-0.15, -0.1) is 0 Å². The summed E-state index contributed by atoms with van der Waals surface area (Å²) in [6.07, 6.45) is 3.07. The molecule has 1 amide bonds. The molecule has 2 aliphatic rings. The maximum atomic E-state index is 12.7. The normalized spacial score (nSPS) is 17.2. The predicted octanol–water partition coefficient (Wildman–Crippen LogP) is 3.31. The first kappa shape index (κ1) is 16.9. The first-order valence-electron chi connectivity index (χ1n) is 9.33. The summed E-state index contributed by atoms with van der Waals surface area (Å²) in [5.41, 5.74) is 3.09. The van der Waals surface area contributed by atoms with Gasteiger partial charge in [-0.1, -0.05) is 12.1 Å². The van der Waals surface area contributed by atoms with E-state index in [1.165, 1.54) is 12.1 Å². The number of hydrogen-bond donors (Lipinski definition) is 0. The summed E-state index contributed by atoms with van der Waals surface area (Å²) in [5.74, 6) is 1.67. The van der Waals surface area contributed by atoms with Crippen LogP contribution in [0.3, 0.4) is 0 Å². The van der Waals surface area contributed by atoms with Crippen LogP contribution in [-0.4, -0.2) is 49.1 Å². The molecule has 0 atom stereocenters. The van der Waals surface area contributed by atoms with Crippen LogP contribution in [-0.2, 0) is 0 Å². The van der Waals surface area contributed by atoms with Gasteiger partial charge in [0, 0.05) is 48.4 Å². The second-order valence-corrected chi connectivity index (χ2v) is 7.66. The largest absolute Gasteiger partial charge is 0.497 e. The zero-order valence-electron chi connectivity index (χ0n) is 15.7. The Morgan fingerprint density at radius 1 is 1.04 bits per heavy atom. The van der Waals surface area contributed by atoms with Crippen molar-refractivity contribution in [1.29, 1.82) is 0 Å². The van der Waals surface area contributed by atoms with Gasteiger partial charge in [-0.25, -0.2) is 4.98 Å². The Morgan fingerprint density at radius 2 is 1.75 bits per heavy atom. The molecule has 6 heteroatoms. The van der Waals surface area contributed by atoms with Gasteiger partial charge in [-0.2, -0.15) is 0 Å². The third-order valence-electron chi connectivity index (χ3n) is 5.68. The lowest BCUT2D eigenvalue weighted by atomic mass is 9.72. The van der Waals surface area contributed by atoms with E-state index in [0.29, 0.717) is 11.3 Å². The van der Waals surface area contributed by atoms with Gasteiger partial charge in [0.05, 0.1) is 13.3 Å². The second-order valence-electron chi connectivity index (χ2n) is 7.66. The molecule has 142 valence electrons. The van der Waals surface area contributed by atoms with E-state index in [9.17, 15) is 4.79 Å². The van der Waals surface area contributed by atoms with Gasteiger partial charge >= 0.3 is 0 Å². The minimum absolute atomic E-state index is 0.0950. The van der Waals surface area contributed by atoms with E-state index in [1.54, 1.807) is 13.3 Å². The summed E-state index contributed by atoms with van der Waals surface area (Å²) in [4.78, 5) is 21.0. The molecular formula is C22H21N3O3. The Morgan fingerprint density at radius 3 is 2.36 bits per heavy atom. The van der Waals surface area contributed by atoms with Crippen molar-refractivity contribution in [3.8, 4) is 17.1 Å². The van der Waals surface area contributed by atoms with E-state index in [2.05, 4.69) is 22.0 Å². The molecule has 0 aliphatic carbocycles. The average Bonchev–Trinajstić information content (AvgIpc) is 3.21. The fourth-order valence-electron chi connectivity index (χ4n) is 4.16. The maximum Gasteiger partial charge on any atom is 0.253 e. The van der Waals surface area contributed by atoms with Crippen LogP contribution < -0.4 is 9.64 Å². The SMILES string of the molecule is COc1ccc(N2CC3(CN(C(=O)c4ccc(-c5cnco5)cc4)C3)C2)cc1. The van der Waals surface area contributed by atoms with Gasteiger partial charge in [-0.3, -0.25) is 4.79 Å². The summed E-state index contributed by atoms with van der Waals surface area (Å²) < 4.78 is 10.5. The lowest BCUT2D eigenvalue weighted by Gasteiger charge is -2.61. The predicted molar refractivity (Wildman–Crippen MR) is 105 cm³/mol.